The lowest BCUT2D eigenvalue weighted by Crippen LogP contribution is -2.12. The molecule has 1 aromatic heterocycles. The Morgan fingerprint density at radius 3 is 2.84 bits per heavy atom. The molecule has 0 saturated carbocycles. The Hall–Kier alpha value is -2.34. The number of aromatic nitrogens is 1. The highest BCUT2D eigenvalue weighted by Gasteiger charge is 2.13. The van der Waals surface area contributed by atoms with Crippen LogP contribution in [0.25, 0.3) is 10.9 Å². The summed E-state index contributed by atoms with van der Waals surface area (Å²) >= 11 is 5.98. The number of pyridine rings is 1. The molecule has 6 nitrogen and oxygen atoms in total. The molecule has 1 aromatic carbocycles. The van der Waals surface area contributed by atoms with Crippen LogP contribution >= 0.6 is 11.6 Å². The summed E-state index contributed by atoms with van der Waals surface area (Å²) in [5.41, 5.74) is 0.415. The van der Waals surface area contributed by atoms with Gasteiger partial charge in [0.15, 0.2) is 0 Å². The zero-order valence-corrected chi connectivity index (χ0v) is 10.3. The molecule has 0 aliphatic carbocycles. The van der Waals surface area contributed by atoms with Crippen molar-refractivity contribution in [1.82, 2.24) is 4.98 Å². The first-order chi connectivity index (χ1) is 9.08. The number of benzene rings is 1. The van der Waals surface area contributed by atoms with E-state index in [0.29, 0.717) is 15.9 Å². The van der Waals surface area contributed by atoms with Crippen LogP contribution < -0.4 is 4.89 Å². The zero-order chi connectivity index (χ0) is 13.8. The first-order valence-corrected chi connectivity index (χ1v) is 5.58. The molecular formula is C12H8ClNO5. The van der Waals surface area contributed by atoms with E-state index in [-0.39, 0.29) is 5.75 Å². The highest BCUT2D eigenvalue weighted by Crippen LogP contribution is 2.29. The first kappa shape index (κ1) is 13.1. The van der Waals surface area contributed by atoms with Crippen molar-refractivity contribution in [1.29, 1.82) is 0 Å². The van der Waals surface area contributed by atoms with Crippen molar-refractivity contribution in [3.8, 4) is 5.75 Å². The summed E-state index contributed by atoms with van der Waals surface area (Å²) < 4.78 is 0. The molecule has 0 spiro atoms. The van der Waals surface area contributed by atoms with Crippen LogP contribution in [0.5, 0.6) is 5.75 Å². The fraction of sp³-hybridized carbons (Fsp3) is 0.0833. The highest BCUT2D eigenvalue weighted by atomic mass is 35.5. The quantitative estimate of drug-likeness (QED) is 0.525. The minimum absolute atomic E-state index is 0.179. The van der Waals surface area contributed by atoms with Gasteiger partial charge in [0.1, 0.15) is 11.9 Å². The summed E-state index contributed by atoms with van der Waals surface area (Å²) in [7, 11) is 0. The van der Waals surface area contributed by atoms with Gasteiger partial charge in [-0.2, -0.15) is 0 Å². The predicted octanol–water partition coefficient (Wildman–Crippen LogP) is 2.20. The number of fused-ring (bicyclic) bond motifs is 1. The minimum Gasteiger partial charge on any atom is -0.481 e. The molecule has 0 bridgehead atoms. The number of nitrogens with zero attached hydrogens (tertiary/aromatic N) is 1. The summed E-state index contributed by atoms with van der Waals surface area (Å²) in [4.78, 5) is 34.6. The maximum absolute atomic E-state index is 11.1. The topological polar surface area (TPSA) is 85.7 Å². The van der Waals surface area contributed by atoms with Crippen LogP contribution in [0.4, 0.5) is 0 Å². The predicted molar refractivity (Wildman–Crippen MR) is 65.7 cm³/mol. The Labute approximate surface area is 112 Å². The molecule has 1 heterocycles. The van der Waals surface area contributed by atoms with Crippen LogP contribution in [0.15, 0.2) is 30.5 Å². The van der Waals surface area contributed by atoms with Crippen molar-refractivity contribution in [2.24, 2.45) is 0 Å². The molecule has 0 aliphatic rings. The van der Waals surface area contributed by atoms with Crippen LogP contribution in [0.2, 0.25) is 5.02 Å². The second-order valence-corrected chi connectivity index (χ2v) is 3.96. The summed E-state index contributed by atoms with van der Waals surface area (Å²) in [5.74, 6) is -2.13. The van der Waals surface area contributed by atoms with Gasteiger partial charge in [-0.15, -0.1) is 0 Å². The third kappa shape index (κ3) is 3.11. The number of carboxylic acids is 1. The van der Waals surface area contributed by atoms with Gasteiger partial charge in [0.05, 0.1) is 5.02 Å². The highest BCUT2D eigenvalue weighted by molar-refractivity contribution is 6.35. The van der Waals surface area contributed by atoms with E-state index in [0.717, 1.165) is 0 Å². The number of hydrogen-bond acceptors (Lipinski definition) is 5. The second-order valence-electron chi connectivity index (χ2n) is 3.55. The van der Waals surface area contributed by atoms with E-state index in [9.17, 15) is 9.59 Å². The number of aliphatic carboxylic acids is 1. The van der Waals surface area contributed by atoms with Gasteiger partial charge in [-0.3, -0.25) is 14.7 Å². The van der Waals surface area contributed by atoms with Gasteiger partial charge < -0.3 is 5.11 Å². The summed E-state index contributed by atoms with van der Waals surface area (Å²) in [5, 5.41) is 9.52. The lowest BCUT2D eigenvalue weighted by Gasteiger charge is -2.06. The molecule has 0 unspecified atom stereocenters. The molecular weight excluding hydrogens is 274 g/mol. The Morgan fingerprint density at radius 1 is 1.32 bits per heavy atom. The van der Waals surface area contributed by atoms with Crippen LogP contribution in [-0.4, -0.2) is 22.0 Å². The summed E-state index contributed by atoms with van der Waals surface area (Å²) in [6, 6.07) is 6.47. The molecule has 1 N–H and O–H groups in total. The smallest absolute Gasteiger partial charge is 0.366 e. The van der Waals surface area contributed by atoms with Gasteiger partial charge in [-0.25, -0.2) is 9.68 Å². The Balaban J connectivity index is 2.20. The standard InChI is InChI=1S/C12H8ClNO5/c13-8-3-4-9(12-7(8)2-1-5-14-12)18-19-11(17)6-10(15)16/h1-5H,6H2,(H,15,16). The second kappa shape index (κ2) is 5.53. The third-order valence-corrected chi connectivity index (χ3v) is 2.53. The lowest BCUT2D eigenvalue weighted by atomic mass is 10.2. The molecule has 0 radical (unpaired) electrons. The van der Waals surface area contributed by atoms with E-state index in [1.807, 2.05) is 0 Å². The van der Waals surface area contributed by atoms with Gasteiger partial charge >= 0.3 is 11.9 Å². The SMILES string of the molecule is O=C(O)CC(=O)OOc1ccc(Cl)c2cccnc12. The molecule has 2 rings (SSSR count). The lowest BCUT2D eigenvalue weighted by molar-refractivity contribution is -0.213. The number of carboxylic acid groups (broad SMARTS) is 1. The third-order valence-electron chi connectivity index (χ3n) is 2.20. The van der Waals surface area contributed by atoms with Crippen LogP contribution in [0.3, 0.4) is 0 Å². The van der Waals surface area contributed by atoms with Crippen molar-refractivity contribution in [2.45, 2.75) is 6.42 Å². The van der Waals surface area contributed by atoms with E-state index in [1.54, 1.807) is 18.2 Å². The van der Waals surface area contributed by atoms with Crippen molar-refractivity contribution >= 4 is 34.4 Å². The Morgan fingerprint density at radius 2 is 2.11 bits per heavy atom. The fourth-order valence-electron chi connectivity index (χ4n) is 1.42. The number of carbonyl (C=O) groups excluding carboxylic acids is 1. The number of hydrogen-bond donors (Lipinski definition) is 1. The van der Waals surface area contributed by atoms with Gasteiger partial charge in [-0.05, 0) is 24.3 Å². The molecule has 0 saturated heterocycles. The zero-order valence-electron chi connectivity index (χ0n) is 9.50. The number of carbonyl (C=O) groups is 2. The molecule has 98 valence electrons. The largest absolute Gasteiger partial charge is 0.481 e. The van der Waals surface area contributed by atoms with Crippen molar-refractivity contribution < 1.29 is 24.5 Å². The average Bonchev–Trinajstić information content (AvgIpc) is 2.37. The normalized spacial score (nSPS) is 10.2. The van der Waals surface area contributed by atoms with Gasteiger partial charge in [-0.1, -0.05) is 11.6 Å². The molecule has 2 aromatic rings. The van der Waals surface area contributed by atoms with E-state index in [4.69, 9.17) is 21.6 Å². The van der Waals surface area contributed by atoms with E-state index >= 15 is 0 Å². The molecule has 0 amide bonds. The molecule has 0 atom stereocenters. The maximum atomic E-state index is 11.1. The summed E-state index contributed by atoms with van der Waals surface area (Å²) in [6.45, 7) is 0. The Kier molecular flexibility index (Phi) is 3.82. The van der Waals surface area contributed by atoms with Crippen LogP contribution in [-0.2, 0) is 14.5 Å². The van der Waals surface area contributed by atoms with Crippen LogP contribution in [0, 0.1) is 0 Å². The number of halogens is 1. The first-order valence-electron chi connectivity index (χ1n) is 5.20. The molecule has 7 heteroatoms. The van der Waals surface area contributed by atoms with Gasteiger partial charge in [0.2, 0.25) is 5.75 Å². The minimum atomic E-state index is -1.30. The fourth-order valence-corrected chi connectivity index (χ4v) is 1.64. The van der Waals surface area contributed by atoms with Crippen molar-refractivity contribution in [3.05, 3.63) is 35.5 Å². The van der Waals surface area contributed by atoms with Crippen LogP contribution in [0.1, 0.15) is 6.42 Å². The van der Waals surface area contributed by atoms with Gasteiger partial charge in [0.25, 0.3) is 0 Å². The number of rotatable bonds is 4. The maximum Gasteiger partial charge on any atom is 0.366 e. The van der Waals surface area contributed by atoms with E-state index < -0.39 is 18.4 Å². The van der Waals surface area contributed by atoms with Crippen molar-refractivity contribution in [3.63, 3.8) is 0 Å². The van der Waals surface area contributed by atoms with E-state index in [2.05, 4.69) is 9.87 Å². The molecule has 0 fully saturated rings. The molecule has 0 aliphatic heterocycles. The van der Waals surface area contributed by atoms with Gasteiger partial charge in [0, 0.05) is 11.6 Å². The average molecular weight is 282 g/mol. The molecule has 19 heavy (non-hydrogen) atoms. The monoisotopic (exact) mass is 281 g/mol. The Bertz CT molecular complexity index is 643. The van der Waals surface area contributed by atoms with Crippen molar-refractivity contribution in [2.75, 3.05) is 0 Å². The summed E-state index contributed by atoms with van der Waals surface area (Å²) in [6.07, 6.45) is 0.754. The van der Waals surface area contributed by atoms with E-state index in [1.165, 1.54) is 12.3 Å².